The molecular formula is C94H117Cl3N12O9. The molecule has 3 aromatic carbocycles. The van der Waals surface area contributed by atoms with Gasteiger partial charge in [0.25, 0.3) is 0 Å². The Morgan fingerprint density at radius 1 is 0.475 bits per heavy atom. The second kappa shape index (κ2) is 39.4. The Morgan fingerprint density at radius 2 is 0.797 bits per heavy atom. The fraction of sp³-hybridized carbons (Fsp3) is 0.447. The number of aryl methyl sites for hydroxylation is 1. The van der Waals surface area contributed by atoms with Crippen LogP contribution in [0.5, 0.6) is 0 Å². The third-order valence-corrected chi connectivity index (χ3v) is 23.0. The molecule has 15 rings (SSSR count). The van der Waals surface area contributed by atoms with Crippen molar-refractivity contribution in [3.05, 3.63) is 246 Å². The van der Waals surface area contributed by atoms with E-state index in [2.05, 4.69) is 79.5 Å². The number of halogens is 3. The molecule has 24 heteroatoms. The molecule has 3 fully saturated rings. The number of aromatic amines is 2. The third-order valence-electron chi connectivity index (χ3n) is 22.3. The number of imidazole rings is 3. The van der Waals surface area contributed by atoms with Gasteiger partial charge in [0.1, 0.15) is 22.5 Å². The number of H-pyrrole nitrogens is 2. The summed E-state index contributed by atoms with van der Waals surface area (Å²) in [6, 6.07) is 30.5. The van der Waals surface area contributed by atoms with Crippen LogP contribution in [-0.2, 0) is 21.3 Å². The number of likely N-dealkylation sites (tertiary alicyclic amines) is 3. The number of rotatable bonds is 15. The Hall–Kier alpha value is -9.77. The Kier molecular flexibility index (Phi) is 30.2. The first-order valence-electron chi connectivity index (χ1n) is 40.1. The van der Waals surface area contributed by atoms with Gasteiger partial charge < -0.3 is 53.7 Å². The third kappa shape index (κ3) is 22.4. The molecule has 0 bridgehead atoms. The number of benzene rings is 3. The second-order valence-corrected chi connectivity index (χ2v) is 35.3. The Bertz CT molecular complexity index is 4810. The van der Waals surface area contributed by atoms with Crippen molar-refractivity contribution < 1.29 is 43.6 Å². The summed E-state index contributed by atoms with van der Waals surface area (Å²) in [5.74, 6) is 1.13. The number of hydrogen-bond acceptors (Lipinski definition) is 15. The molecule has 0 spiro atoms. The van der Waals surface area contributed by atoms with Gasteiger partial charge in [0.15, 0.2) is 5.78 Å². The van der Waals surface area contributed by atoms with Gasteiger partial charge in [-0.25, -0.2) is 29.3 Å². The number of allylic oxidation sites excluding steroid dienone is 3. The van der Waals surface area contributed by atoms with Gasteiger partial charge in [0.2, 0.25) is 0 Å². The highest BCUT2D eigenvalue weighted by molar-refractivity contribution is 6.31. The molecule has 0 radical (unpaired) electrons. The summed E-state index contributed by atoms with van der Waals surface area (Å²) in [6.07, 6.45) is 28.5. The fourth-order valence-electron chi connectivity index (χ4n) is 16.9. The normalized spacial score (nSPS) is 17.9. The summed E-state index contributed by atoms with van der Waals surface area (Å²) >= 11 is 19.4. The highest BCUT2D eigenvalue weighted by atomic mass is 35.5. The van der Waals surface area contributed by atoms with Gasteiger partial charge >= 0.3 is 18.3 Å². The largest absolute Gasteiger partial charge is 0.444 e. The zero-order chi connectivity index (χ0) is 81.5. The highest BCUT2D eigenvalue weighted by Gasteiger charge is 2.41. The minimum Gasteiger partial charge on any atom is -0.444 e. The lowest BCUT2D eigenvalue weighted by atomic mass is 9.76. The van der Waals surface area contributed by atoms with Crippen LogP contribution < -0.4 is 0 Å². The van der Waals surface area contributed by atoms with E-state index in [0.29, 0.717) is 128 Å². The van der Waals surface area contributed by atoms with Crippen LogP contribution >= 0.6 is 34.8 Å². The van der Waals surface area contributed by atoms with Crippen LogP contribution in [-0.4, -0.2) is 149 Å². The van der Waals surface area contributed by atoms with E-state index >= 15 is 0 Å². The molecule has 6 aliphatic rings. The number of nitrogens with one attached hydrogen (secondary N) is 2. The SMILES string of the molecule is C.C.C.CC(C)(C)OC(=O)N1CCC(C2c3ccc(Cl)cc3C=C(CCC(O)c3cnc[nH]3)c3cccnc32)CC1.CC(C)(C)OC(=O)N1CCC(C2c3ccc(Cl)cc3C=C(CCC(O)c3cnc[nH]3)c3cccnc32)CC1.Cn1cnc(C(=O)CCC2=Cc3cc(Cl)ccc3C(C3CCN(C(=O)OC(C)(C)C)CC3)c3ncccc32)c1. The predicted octanol–water partition coefficient (Wildman–Crippen LogP) is 21.9. The molecule has 21 nitrogen and oxygen atoms in total. The molecule has 5 unspecified atom stereocenters. The summed E-state index contributed by atoms with van der Waals surface area (Å²) in [4.78, 5) is 89.5. The van der Waals surface area contributed by atoms with E-state index in [1.807, 2.05) is 157 Å². The van der Waals surface area contributed by atoms with Crippen LogP contribution in [0.4, 0.5) is 14.4 Å². The van der Waals surface area contributed by atoms with Crippen molar-refractivity contribution in [1.29, 1.82) is 0 Å². The Balaban J connectivity index is 0.000000184. The summed E-state index contributed by atoms with van der Waals surface area (Å²) < 4.78 is 18.6. The van der Waals surface area contributed by atoms with Crippen LogP contribution in [0.2, 0.25) is 15.1 Å². The number of ether oxygens (including phenoxy) is 3. The van der Waals surface area contributed by atoms with Gasteiger partial charge in [0.05, 0.1) is 72.1 Å². The summed E-state index contributed by atoms with van der Waals surface area (Å²) in [7, 11) is 1.86. The standard InChI is InChI=1S/C31H35ClN4O3.2C30H35ClN4O3.3CH4/c1-31(2,3)39-30(38)36-14-11-20(12-15-36)28-24-9-8-23(32)17-22(24)16-21(25-6-5-13-33-29(25)28)7-10-27(37)26-18-35(4)19-34-26;2*1-30(2,3)38-29(37)35-13-10-19(11-14-35)27-23-8-7-22(31)16-21(23)15-20(24-5-4-12-33-28(24)27)6-9-26(36)25-17-32-18-34-25;;;/h5-6,8-9,13,16-20,28H,7,10-12,14-15H2,1-4H3;2*4-5,7-8,12,15-19,26-27,36H,6,9-11,13-14H2,1-3H3,(H,32,34);3*1H4. The van der Waals surface area contributed by atoms with Crippen LogP contribution in [0, 0.1) is 17.8 Å². The van der Waals surface area contributed by atoms with E-state index in [4.69, 9.17) is 64.0 Å². The smallest absolute Gasteiger partial charge is 0.410 e. The molecule has 6 aromatic heterocycles. The maximum absolute atomic E-state index is 12.9. The van der Waals surface area contributed by atoms with Crippen molar-refractivity contribution in [2.24, 2.45) is 24.8 Å². The molecule has 3 aliphatic carbocycles. The molecule has 118 heavy (non-hydrogen) atoms. The first-order valence-corrected chi connectivity index (χ1v) is 41.2. The van der Waals surface area contributed by atoms with Gasteiger partial charge in [-0.05, 0) is 272 Å². The number of aliphatic hydroxyl groups is 2. The van der Waals surface area contributed by atoms with Gasteiger partial charge in [0, 0.05) is 110 Å². The molecule has 4 N–H and O–H groups in total. The Morgan fingerprint density at radius 3 is 1.08 bits per heavy atom. The van der Waals surface area contributed by atoms with Crippen molar-refractivity contribution in [3.63, 3.8) is 0 Å². The molecule has 9 aromatic rings. The summed E-state index contributed by atoms with van der Waals surface area (Å²) in [5.41, 5.74) is 16.9. The number of hydrogen-bond donors (Lipinski definition) is 4. The first kappa shape index (κ1) is 90.6. The second-order valence-electron chi connectivity index (χ2n) is 34.0. The number of aliphatic hydroxyl groups excluding tert-OH is 2. The predicted molar refractivity (Wildman–Crippen MR) is 470 cm³/mol. The van der Waals surface area contributed by atoms with E-state index in [0.717, 1.165) is 106 Å². The number of ketones is 1. The maximum Gasteiger partial charge on any atom is 0.410 e. The molecular weight excluding hydrogens is 1550 g/mol. The molecule has 3 saturated heterocycles. The van der Waals surface area contributed by atoms with Crippen LogP contribution in [0.25, 0.3) is 34.9 Å². The molecule has 3 aliphatic heterocycles. The van der Waals surface area contributed by atoms with Crippen molar-refractivity contribution in [2.75, 3.05) is 39.3 Å². The van der Waals surface area contributed by atoms with Crippen molar-refractivity contribution in [1.82, 2.24) is 59.1 Å². The number of pyridine rings is 3. The zero-order valence-electron chi connectivity index (χ0n) is 67.3. The summed E-state index contributed by atoms with van der Waals surface area (Å²) in [6.45, 7) is 20.9. The Labute approximate surface area is 711 Å². The highest BCUT2D eigenvalue weighted by Crippen LogP contribution is 2.50. The molecule has 0 saturated carbocycles. The zero-order valence-corrected chi connectivity index (χ0v) is 69.6. The molecule has 3 amide bonds. The van der Waals surface area contributed by atoms with Crippen LogP contribution in [0.1, 0.15) is 281 Å². The average Bonchev–Trinajstić information content (AvgIpc) is 1.58. The van der Waals surface area contributed by atoms with Crippen LogP contribution in [0.15, 0.2) is 147 Å². The average molecular weight is 1670 g/mol. The minimum absolute atomic E-state index is 0. The van der Waals surface area contributed by atoms with Gasteiger partial charge in [-0.1, -0.05) is 112 Å². The van der Waals surface area contributed by atoms with Crippen LogP contribution in [0.3, 0.4) is 0 Å². The van der Waals surface area contributed by atoms with E-state index in [1.165, 1.54) is 16.7 Å². The monoisotopic (exact) mass is 1660 g/mol. The van der Waals surface area contributed by atoms with E-state index < -0.39 is 29.0 Å². The number of Topliss-reactive ketones (excluding diaryl/α,β-unsaturated/α-hetero) is 1. The number of piperidine rings is 3. The lowest BCUT2D eigenvalue weighted by molar-refractivity contribution is 0.0167. The maximum atomic E-state index is 12.9. The molecule has 5 atom stereocenters. The van der Waals surface area contributed by atoms with Gasteiger partial charge in [-0.15, -0.1) is 0 Å². The number of amides is 3. The van der Waals surface area contributed by atoms with E-state index in [9.17, 15) is 29.4 Å². The van der Waals surface area contributed by atoms with Crippen molar-refractivity contribution >= 4 is 93.8 Å². The summed E-state index contributed by atoms with van der Waals surface area (Å²) in [5, 5.41) is 23.5. The quantitative estimate of drug-likeness (QED) is 0.0549. The number of carbonyl (C=O) groups excluding carboxylic acids is 4. The van der Waals surface area contributed by atoms with Gasteiger partial charge in [-0.2, -0.15) is 0 Å². The number of fused-ring (bicyclic) bond motifs is 6. The number of nitrogens with zero attached hydrogens (tertiary/aromatic N) is 10. The van der Waals surface area contributed by atoms with E-state index in [-0.39, 0.29) is 64.1 Å². The minimum atomic E-state index is -0.631. The van der Waals surface area contributed by atoms with Crippen molar-refractivity contribution in [2.45, 2.75) is 208 Å². The fourth-order valence-corrected chi connectivity index (χ4v) is 17.5. The van der Waals surface area contributed by atoms with E-state index in [1.54, 1.807) is 42.1 Å². The van der Waals surface area contributed by atoms with Crippen molar-refractivity contribution in [3.8, 4) is 0 Å². The molecule has 628 valence electrons. The lowest BCUT2D eigenvalue weighted by Crippen LogP contribution is -2.42. The number of carbonyl (C=O) groups is 4. The first-order chi connectivity index (χ1) is 55.0. The lowest BCUT2D eigenvalue weighted by Gasteiger charge is -2.37. The molecule has 9 heterocycles. The number of aromatic nitrogens is 9. The van der Waals surface area contributed by atoms with Gasteiger partial charge in [-0.3, -0.25) is 19.7 Å². The topological polar surface area (TPSA) is 260 Å².